The fraction of sp³-hybridized carbons (Fsp3) is 0.308. The van der Waals surface area contributed by atoms with E-state index in [9.17, 15) is 4.79 Å². The second-order valence-corrected chi connectivity index (χ2v) is 6.46. The number of carboxylic acid groups (broad SMARTS) is 1. The van der Waals surface area contributed by atoms with Crippen LogP contribution >= 0.6 is 35.0 Å². The molecule has 0 amide bonds. The Kier molecular flexibility index (Phi) is 4.10. The van der Waals surface area contributed by atoms with Crippen LogP contribution in [0.1, 0.15) is 24.6 Å². The van der Waals surface area contributed by atoms with Crippen molar-refractivity contribution >= 4 is 40.9 Å². The van der Waals surface area contributed by atoms with Crippen LogP contribution in [0.2, 0.25) is 10.0 Å². The van der Waals surface area contributed by atoms with Crippen molar-refractivity contribution in [2.24, 2.45) is 0 Å². The van der Waals surface area contributed by atoms with Crippen LogP contribution in [0.4, 0.5) is 0 Å². The van der Waals surface area contributed by atoms with Crippen molar-refractivity contribution in [2.45, 2.75) is 23.9 Å². The quantitative estimate of drug-likeness (QED) is 0.839. The predicted octanol–water partition coefficient (Wildman–Crippen LogP) is 3.63. The smallest absolute Gasteiger partial charge is 0.313 e. The molecule has 0 spiro atoms. The van der Waals surface area contributed by atoms with Gasteiger partial charge in [-0.25, -0.2) is 0 Å². The van der Waals surface area contributed by atoms with E-state index >= 15 is 0 Å². The van der Waals surface area contributed by atoms with Crippen molar-refractivity contribution < 1.29 is 9.90 Å². The molecule has 21 heavy (non-hydrogen) atoms. The van der Waals surface area contributed by atoms with Crippen LogP contribution in [0.5, 0.6) is 0 Å². The molecule has 1 N–H and O–H groups in total. The average molecular weight is 344 g/mol. The second-order valence-electron chi connectivity index (χ2n) is 4.70. The molecular formula is C13H11Cl2N3O2S. The van der Waals surface area contributed by atoms with Gasteiger partial charge in [-0.3, -0.25) is 9.36 Å². The summed E-state index contributed by atoms with van der Waals surface area (Å²) >= 11 is 13.6. The summed E-state index contributed by atoms with van der Waals surface area (Å²) in [6.07, 6.45) is 2.09. The van der Waals surface area contributed by atoms with Gasteiger partial charge in [0.05, 0.1) is 21.5 Å². The first-order valence-corrected chi connectivity index (χ1v) is 8.06. The summed E-state index contributed by atoms with van der Waals surface area (Å²) in [7, 11) is 0. The fourth-order valence-electron chi connectivity index (χ4n) is 2.02. The minimum absolute atomic E-state index is 0.0924. The molecule has 1 aliphatic rings. The van der Waals surface area contributed by atoms with Gasteiger partial charge < -0.3 is 5.11 Å². The molecule has 1 aromatic heterocycles. The number of aliphatic carboxylic acids is 1. The Bertz CT molecular complexity index is 680. The summed E-state index contributed by atoms with van der Waals surface area (Å²) in [4.78, 5) is 10.8. The first kappa shape index (κ1) is 14.7. The van der Waals surface area contributed by atoms with Gasteiger partial charge in [0.1, 0.15) is 5.82 Å². The second kappa shape index (κ2) is 5.87. The predicted molar refractivity (Wildman–Crippen MR) is 81.7 cm³/mol. The Labute approximate surface area is 135 Å². The Balaban J connectivity index is 2.09. The van der Waals surface area contributed by atoms with Gasteiger partial charge in [-0.15, -0.1) is 10.2 Å². The maximum Gasteiger partial charge on any atom is 0.313 e. The van der Waals surface area contributed by atoms with Crippen molar-refractivity contribution in [1.29, 1.82) is 0 Å². The van der Waals surface area contributed by atoms with Gasteiger partial charge in [-0.05, 0) is 25.0 Å². The van der Waals surface area contributed by atoms with Crippen LogP contribution in [0, 0.1) is 0 Å². The molecule has 2 aromatic rings. The highest BCUT2D eigenvalue weighted by atomic mass is 35.5. The topological polar surface area (TPSA) is 68.0 Å². The van der Waals surface area contributed by atoms with E-state index < -0.39 is 5.97 Å². The summed E-state index contributed by atoms with van der Waals surface area (Å²) in [6.45, 7) is 0. The van der Waals surface area contributed by atoms with Crippen LogP contribution in [0.15, 0.2) is 23.4 Å². The van der Waals surface area contributed by atoms with E-state index in [2.05, 4.69) is 10.2 Å². The minimum atomic E-state index is -0.909. The van der Waals surface area contributed by atoms with Crippen LogP contribution in [-0.4, -0.2) is 31.6 Å². The molecule has 0 radical (unpaired) electrons. The molecule has 1 fully saturated rings. The van der Waals surface area contributed by atoms with Gasteiger partial charge in [0, 0.05) is 5.92 Å². The SMILES string of the molecule is O=C(O)CSc1nnc(C2CC2)n1-c1c(Cl)cccc1Cl. The van der Waals surface area contributed by atoms with Crippen molar-refractivity contribution in [3.05, 3.63) is 34.1 Å². The molecular weight excluding hydrogens is 333 g/mol. The Morgan fingerprint density at radius 1 is 1.33 bits per heavy atom. The first-order chi connectivity index (χ1) is 10.1. The lowest BCUT2D eigenvalue weighted by molar-refractivity contribution is -0.133. The van der Waals surface area contributed by atoms with E-state index in [1.165, 1.54) is 0 Å². The molecule has 1 heterocycles. The summed E-state index contributed by atoms with van der Waals surface area (Å²) in [6, 6.07) is 5.25. The number of benzene rings is 1. The highest BCUT2D eigenvalue weighted by molar-refractivity contribution is 7.99. The molecule has 0 saturated heterocycles. The van der Waals surface area contributed by atoms with Crippen molar-refractivity contribution in [2.75, 3.05) is 5.75 Å². The Morgan fingerprint density at radius 2 is 2.00 bits per heavy atom. The van der Waals surface area contributed by atoms with Gasteiger partial charge in [0.2, 0.25) is 0 Å². The zero-order chi connectivity index (χ0) is 15.0. The lowest BCUT2D eigenvalue weighted by Crippen LogP contribution is -2.05. The number of halogens is 2. The van der Waals surface area contributed by atoms with E-state index in [0.717, 1.165) is 30.4 Å². The number of para-hydroxylation sites is 1. The van der Waals surface area contributed by atoms with Crippen LogP contribution < -0.4 is 0 Å². The minimum Gasteiger partial charge on any atom is -0.481 e. The lowest BCUT2D eigenvalue weighted by Gasteiger charge is -2.12. The maximum absolute atomic E-state index is 10.8. The highest BCUT2D eigenvalue weighted by Gasteiger charge is 2.32. The standard InChI is InChI=1S/C13H11Cl2N3O2S/c14-8-2-1-3-9(15)11(8)18-12(7-4-5-7)16-17-13(18)21-6-10(19)20/h1-3,7H,4-6H2,(H,19,20). The van der Waals surface area contributed by atoms with Gasteiger partial charge in [0.15, 0.2) is 5.16 Å². The van der Waals surface area contributed by atoms with E-state index in [0.29, 0.717) is 26.8 Å². The van der Waals surface area contributed by atoms with Crippen molar-refractivity contribution in [3.8, 4) is 5.69 Å². The number of rotatable bonds is 5. The number of aromatic nitrogens is 3. The lowest BCUT2D eigenvalue weighted by atomic mass is 10.3. The summed E-state index contributed by atoms with van der Waals surface area (Å²) in [5, 5.41) is 18.6. The first-order valence-electron chi connectivity index (χ1n) is 6.32. The summed E-state index contributed by atoms with van der Waals surface area (Å²) < 4.78 is 1.79. The third-order valence-corrected chi connectivity index (χ3v) is 4.61. The molecule has 0 bridgehead atoms. The number of carboxylic acids is 1. The third kappa shape index (κ3) is 3.02. The number of carbonyl (C=O) groups is 1. The van der Waals surface area contributed by atoms with E-state index in [1.54, 1.807) is 22.8 Å². The summed E-state index contributed by atoms with van der Waals surface area (Å²) in [5.41, 5.74) is 0.612. The molecule has 0 unspecified atom stereocenters. The van der Waals surface area contributed by atoms with Crippen LogP contribution in [0.25, 0.3) is 5.69 Å². The monoisotopic (exact) mass is 343 g/mol. The van der Waals surface area contributed by atoms with E-state index in [1.807, 2.05) is 0 Å². The van der Waals surface area contributed by atoms with Crippen molar-refractivity contribution in [1.82, 2.24) is 14.8 Å². The molecule has 5 nitrogen and oxygen atoms in total. The molecule has 3 rings (SSSR count). The fourth-order valence-corrected chi connectivity index (χ4v) is 3.25. The molecule has 1 saturated carbocycles. The molecule has 1 aromatic carbocycles. The number of hydrogen-bond donors (Lipinski definition) is 1. The maximum atomic E-state index is 10.8. The van der Waals surface area contributed by atoms with Crippen LogP contribution in [0.3, 0.4) is 0 Å². The van der Waals surface area contributed by atoms with E-state index in [4.69, 9.17) is 28.3 Å². The average Bonchev–Trinajstić information content (AvgIpc) is 3.18. The Hall–Kier alpha value is -1.24. The molecule has 1 aliphatic carbocycles. The van der Waals surface area contributed by atoms with E-state index in [-0.39, 0.29) is 5.75 Å². The van der Waals surface area contributed by atoms with Gasteiger partial charge >= 0.3 is 5.97 Å². The van der Waals surface area contributed by atoms with Gasteiger partial charge in [0.25, 0.3) is 0 Å². The van der Waals surface area contributed by atoms with Crippen LogP contribution in [-0.2, 0) is 4.79 Å². The third-order valence-electron chi connectivity index (χ3n) is 3.09. The molecule has 0 aliphatic heterocycles. The largest absolute Gasteiger partial charge is 0.481 e. The number of hydrogen-bond acceptors (Lipinski definition) is 4. The highest BCUT2D eigenvalue weighted by Crippen LogP contribution is 2.43. The van der Waals surface area contributed by atoms with Gasteiger partial charge in [-0.2, -0.15) is 0 Å². The zero-order valence-electron chi connectivity index (χ0n) is 10.8. The normalized spacial score (nSPS) is 14.4. The molecule has 8 heteroatoms. The number of thioether (sulfide) groups is 1. The van der Waals surface area contributed by atoms with Gasteiger partial charge in [-0.1, -0.05) is 41.0 Å². The number of nitrogens with zero attached hydrogens (tertiary/aromatic N) is 3. The Morgan fingerprint density at radius 3 is 2.57 bits per heavy atom. The molecule has 0 atom stereocenters. The molecule has 110 valence electrons. The summed E-state index contributed by atoms with van der Waals surface area (Å²) in [5.74, 6) is 0.125. The van der Waals surface area contributed by atoms with Crippen molar-refractivity contribution in [3.63, 3.8) is 0 Å². The zero-order valence-corrected chi connectivity index (χ0v) is 13.1.